The molecule has 0 aliphatic heterocycles. The van der Waals surface area contributed by atoms with E-state index in [9.17, 15) is 9.90 Å². The van der Waals surface area contributed by atoms with Crippen LogP contribution in [0.25, 0.3) is 0 Å². The zero-order valence-electron chi connectivity index (χ0n) is 14.5. The summed E-state index contributed by atoms with van der Waals surface area (Å²) in [5, 5.41) is 9.92. The van der Waals surface area contributed by atoms with Crippen LogP contribution in [0.5, 0.6) is 0 Å². The number of carboxylic acids is 1. The summed E-state index contributed by atoms with van der Waals surface area (Å²) in [4.78, 5) is 12.0. The smallest absolute Gasteiger partial charge is 0.309 e. The van der Waals surface area contributed by atoms with Crippen molar-refractivity contribution in [3.05, 3.63) is 0 Å². The fraction of sp³-hybridized carbons (Fsp3) is 0.950. The lowest BCUT2D eigenvalue weighted by molar-refractivity contribution is -0.181. The van der Waals surface area contributed by atoms with Crippen molar-refractivity contribution >= 4 is 5.97 Å². The second kappa shape index (κ2) is 4.51. The predicted octanol–water partition coefficient (Wildman–Crippen LogP) is 5.12. The van der Waals surface area contributed by atoms with E-state index in [1.165, 1.54) is 38.5 Å². The molecule has 7 atom stereocenters. The molecule has 4 saturated carbocycles. The van der Waals surface area contributed by atoms with Gasteiger partial charge in [0.1, 0.15) is 0 Å². The van der Waals surface area contributed by atoms with Crippen LogP contribution in [0.1, 0.15) is 78.6 Å². The highest BCUT2D eigenvalue weighted by atomic mass is 16.4. The van der Waals surface area contributed by atoms with Crippen LogP contribution in [0.3, 0.4) is 0 Å². The van der Waals surface area contributed by atoms with Gasteiger partial charge < -0.3 is 5.11 Å². The van der Waals surface area contributed by atoms with Gasteiger partial charge in [-0.15, -0.1) is 0 Å². The summed E-state index contributed by atoms with van der Waals surface area (Å²) < 4.78 is 0. The monoisotopic (exact) mass is 304 g/mol. The van der Waals surface area contributed by atoms with Crippen molar-refractivity contribution < 1.29 is 9.90 Å². The molecule has 0 radical (unpaired) electrons. The van der Waals surface area contributed by atoms with Crippen molar-refractivity contribution in [2.75, 3.05) is 0 Å². The van der Waals surface area contributed by atoms with E-state index in [1.54, 1.807) is 0 Å². The van der Waals surface area contributed by atoms with Gasteiger partial charge in [-0.3, -0.25) is 4.79 Å². The van der Waals surface area contributed by atoms with Gasteiger partial charge in [-0.1, -0.05) is 20.3 Å². The summed E-state index contributed by atoms with van der Waals surface area (Å²) in [6, 6.07) is 0. The van der Waals surface area contributed by atoms with E-state index in [2.05, 4.69) is 20.8 Å². The highest BCUT2D eigenvalue weighted by Gasteiger charge is 2.65. The predicted molar refractivity (Wildman–Crippen MR) is 87.5 cm³/mol. The maximum absolute atomic E-state index is 12.0. The van der Waals surface area contributed by atoms with Crippen molar-refractivity contribution in [1.29, 1.82) is 0 Å². The molecule has 0 saturated heterocycles. The summed E-state index contributed by atoms with van der Waals surface area (Å²) in [6.07, 6.45) is 11.4. The SMILES string of the molecule is C[C@H]1C[C@@]23CC[C@H]4[C@@](C)(CCC[C@@]4(C)C(=O)O)[C@@H]2CC[C@@H]1C3. The molecule has 4 fully saturated rings. The van der Waals surface area contributed by atoms with Gasteiger partial charge in [-0.05, 0) is 92.8 Å². The largest absolute Gasteiger partial charge is 0.481 e. The second-order valence-electron chi connectivity index (χ2n) is 9.81. The Morgan fingerprint density at radius 3 is 2.50 bits per heavy atom. The fourth-order valence-electron chi connectivity index (χ4n) is 8.05. The molecule has 124 valence electrons. The molecule has 4 rings (SSSR count). The van der Waals surface area contributed by atoms with Gasteiger partial charge in [0, 0.05) is 0 Å². The minimum absolute atomic E-state index is 0.276. The lowest BCUT2D eigenvalue weighted by Crippen LogP contribution is -2.58. The summed E-state index contributed by atoms with van der Waals surface area (Å²) >= 11 is 0. The topological polar surface area (TPSA) is 37.3 Å². The van der Waals surface area contributed by atoms with Crippen molar-refractivity contribution in [1.82, 2.24) is 0 Å². The van der Waals surface area contributed by atoms with E-state index >= 15 is 0 Å². The maximum atomic E-state index is 12.0. The molecule has 0 amide bonds. The summed E-state index contributed by atoms with van der Waals surface area (Å²) in [5.41, 5.74) is 0.374. The Kier molecular flexibility index (Phi) is 3.08. The van der Waals surface area contributed by atoms with Gasteiger partial charge in [0.25, 0.3) is 0 Å². The molecular formula is C20H32O2. The lowest BCUT2D eigenvalue weighted by Gasteiger charge is -2.63. The Hall–Kier alpha value is -0.530. The molecule has 0 aromatic carbocycles. The quantitative estimate of drug-likeness (QED) is 0.730. The molecule has 1 N–H and O–H groups in total. The first-order chi connectivity index (χ1) is 10.3. The van der Waals surface area contributed by atoms with Gasteiger partial charge in [0.15, 0.2) is 0 Å². The molecular weight excluding hydrogens is 272 g/mol. The maximum Gasteiger partial charge on any atom is 0.309 e. The zero-order chi connectivity index (χ0) is 15.8. The molecule has 2 bridgehead atoms. The number of aliphatic carboxylic acids is 1. The Bertz CT molecular complexity index is 496. The normalized spacial score (nSPS) is 57.0. The minimum Gasteiger partial charge on any atom is -0.481 e. The van der Waals surface area contributed by atoms with Crippen molar-refractivity contribution in [2.45, 2.75) is 78.6 Å². The average Bonchev–Trinajstić information content (AvgIpc) is 2.68. The third-order valence-corrected chi connectivity index (χ3v) is 8.96. The van der Waals surface area contributed by atoms with Crippen LogP contribution in [0, 0.1) is 39.9 Å². The molecule has 0 aromatic heterocycles. The zero-order valence-corrected chi connectivity index (χ0v) is 14.5. The van der Waals surface area contributed by atoms with E-state index in [4.69, 9.17) is 0 Å². The first kappa shape index (κ1) is 15.0. The third kappa shape index (κ3) is 1.70. The van der Waals surface area contributed by atoms with E-state index in [0.29, 0.717) is 11.3 Å². The summed E-state index contributed by atoms with van der Waals surface area (Å²) in [6.45, 7) is 7.00. The van der Waals surface area contributed by atoms with Gasteiger partial charge >= 0.3 is 5.97 Å². The first-order valence-electron chi connectivity index (χ1n) is 9.55. The molecule has 4 aliphatic carbocycles. The average molecular weight is 304 g/mol. The van der Waals surface area contributed by atoms with Crippen molar-refractivity contribution in [2.24, 2.45) is 39.9 Å². The molecule has 2 nitrogen and oxygen atoms in total. The highest BCUT2D eigenvalue weighted by molar-refractivity contribution is 5.75. The summed E-state index contributed by atoms with van der Waals surface area (Å²) in [7, 11) is 0. The standard InChI is InChI=1S/C20H32O2/c1-13-11-20-10-7-15-18(2,16(20)6-5-14(13)12-20)8-4-9-19(15,3)17(21)22/h13-16H,4-12H2,1-3H3,(H,21,22)/t13-,14+,15-,16-,18+,19+,20+/m0/s1. The molecule has 0 heterocycles. The van der Waals surface area contributed by atoms with Crippen molar-refractivity contribution in [3.63, 3.8) is 0 Å². The van der Waals surface area contributed by atoms with Gasteiger partial charge in [-0.2, -0.15) is 0 Å². The number of carboxylic acid groups (broad SMARTS) is 1. The van der Waals surface area contributed by atoms with E-state index in [0.717, 1.165) is 37.0 Å². The number of hydrogen-bond donors (Lipinski definition) is 1. The fourth-order valence-corrected chi connectivity index (χ4v) is 8.05. The van der Waals surface area contributed by atoms with Crippen molar-refractivity contribution in [3.8, 4) is 0 Å². The summed E-state index contributed by atoms with van der Waals surface area (Å²) in [5.74, 6) is 2.52. The number of carbonyl (C=O) groups is 1. The van der Waals surface area contributed by atoms with Crippen LogP contribution in [0.4, 0.5) is 0 Å². The van der Waals surface area contributed by atoms with E-state index < -0.39 is 11.4 Å². The van der Waals surface area contributed by atoms with Gasteiger partial charge in [-0.25, -0.2) is 0 Å². The number of fused-ring (bicyclic) bond motifs is 3. The number of rotatable bonds is 1. The van der Waals surface area contributed by atoms with E-state index in [-0.39, 0.29) is 5.41 Å². The van der Waals surface area contributed by atoms with Crippen LogP contribution in [-0.2, 0) is 4.79 Å². The first-order valence-corrected chi connectivity index (χ1v) is 9.55. The van der Waals surface area contributed by atoms with Gasteiger partial charge in [0.05, 0.1) is 5.41 Å². The van der Waals surface area contributed by atoms with Crippen LogP contribution in [0.15, 0.2) is 0 Å². The highest BCUT2D eigenvalue weighted by Crippen LogP contribution is 2.72. The van der Waals surface area contributed by atoms with Gasteiger partial charge in [0.2, 0.25) is 0 Å². The van der Waals surface area contributed by atoms with Crippen LogP contribution in [-0.4, -0.2) is 11.1 Å². The Morgan fingerprint density at radius 2 is 1.77 bits per heavy atom. The molecule has 1 spiro atoms. The lowest BCUT2D eigenvalue weighted by atomic mass is 9.41. The molecule has 2 heteroatoms. The minimum atomic E-state index is -0.534. The molecule has 4 aliphatic rings. The van der Waals surface area contributed by atoms with Crippen LogP contribution < -0.4 is 0 Å². The Morgan fingerprint density at radius 1 is 1.00 bits per heavy atom. The second-order valence-corrected chi connectivity index (χ2v) is 9.81. The van der Waals surface area contributed by atoms with Crippen LogP contribution >= 0.6 is 0 Å². The molecule has 22 heavy (non-hydrogen) atoms. The molecule has 0 aromatic rings. The Balaban J connectivity index is 1.73. The van der Waals surface area contributed by atoms with E-state index in [1.807, 2.05) is 0 Å². The number of hydrogen-bond acceptors (Lipinski definition) is 1. The molecule has 0 unspecified atom stereocenters. The van der Waals surface area contributed by atoms with Crippen LogP contribution in [0.2, 0.25) is 0 Å². The third-order valence-electron chi connectivity index (χ3n) is 8.96. The Labute approximate surface area is 135 Å².